The van der Waals surface area contributed by atoms with Crippen LogP contribution in [-0.4, -0.2) is 5.91 Å². The Morgan fingerprint density at radius 3 is 2.62 bits per heavy atom. The molecule has 0 unspecified atom stereocenters. The Morgan fingerprint density at radius 1 is 1.38 bits per heavy atom. The highest BCUT2D eigenvalue weighted by Gasteiger charge is 2.01. The van der Waals surface area contributed by atoms with E-state index in [9.17, 15) is 4.79 Å². The SMILES string of the molecule is CCCCC(=O)Nc1ccc(CC#N)cc1. The minimum absolute atomic E-state index is 0.0508. The molecule has 1 amide bonds. The van der Waals surface area contributed by atoms with Crippen molar-refractivity contribution in [3.8, 4) is 6.07 Å². The zero-order valence-corrected chi connectivity index (χ0v) is 9.49. The van der Waals surface area contributed by atoms with Crippen molar-refractivity contribution in [2.24, 2.45) is 0 Å². The fourth-order valence-corrected chi connectivity index (χ4v) is 1.36. The fraction of sp³-hybridized carbons (Fsp3) is 0.385. The molecule has 1 aromatic rings. The number of nitrogens with zero attached hydrogens (tertiary/aromatic N) is 1. The first-order valence-corrected chi connectivity index (χ1v) is 5.52. The third kappa shape index (κ3) is 4.14. The maximum absolute atomic E-state index is 11.4. The molecule has 1 aromatic carbocycles. The number of carbonyl (C=O) groups excluding carboxylic acids is 1. The molecule has 16 heavy (non-hydrogen) atoms. The molecule has 0 radical (unpaired) electrons. The average molecular weight is 216 g/mol. The van der Waals surface area contributed by atoms with Crippen molar-refractivity contribution >= 4 is 11.6 Å². The molecule has 0 saturated heterocycles. The number of anilines is 1. The minimum atomic E-state index is 0.0508. The van der Waals surface area contributed by atoms with E-state index in [1.165, 1.54) is 0 Å². The quantitative estimate of drug-likeness (QED) is 0.822. The Labute approximate surface area is 96.1 Å². The largest absolute Gasteiger partial charge is 0.326 e. The van der Waals surface area contributed by atoms with Gasteiger partial charge in [-0.1, -0.05) is 25.5 Å². The highest BCUT2D eigenvalue weighted by molar-refractivity contribution is 5.90. The van der Waals surface area contributed by atoms with Crippen LogP contribution in [0.2, 0.25) is 0 Å². The van der Waals surface area contributed by atoms with Gasteiger partial charge in [0.25, 0.3) is 0 Å². The smallest absolute Gasteiger partial charge is 0.224 e. The molecule has 3 nitrogen and oxygen atoms in total. The maximum Gasteiger partial charge on any atom is 0.224 e. The average Bonchev–Trinajstić information content (AvgIpc) is 2.29. The third-order valence-electron chi connectivity index (χ3n) is 2.28. The summed E-state index contributed by atoms with van der Waals surface area (Å²) in [5.74, 6) is 0.0508. The number of hydrogen-bond acceptors (Lipinski definition) is 2. The van der Waals surface area contributed by atoms with Gasteiger partial charge in [0.1, 0.15) is 0 Å². The number of unbranched alkanes of at least 4 members (excludes halogenated alkanes) is 1. The number of hydrogen-bond donors (Lipinski definition) is 1. The molecule has 0 heterocycles. The van der Waals surface area contributed by atoms with Gasteiger partial charge in [0.15, 0.2) is 0 Å². The molecule has 0 atom stereocenters. The van der Waals surface area contributed by atoms with Crippen molar-refractivity contribution in [2.45, 2.75) is 32.6 Å². The maximum atomic E-state index is 11.4. The molecule has 1 N–H and O–H groups in total. The molecule has 0 bridgehead atoms. The number of nitriles is 1. The van der Waals surface area contributed by atoms with Gasteiger partial charge >= 0.3 is 0 Å². The lowest BCUT2D eigenvalue weighted by Gasteiger charge is -2.04. The zero-order valence-electron chi connectivity index (χ0n) is 9.49. The minimum Gasteiger partial charge on any atom is -0.326 e. The molecule has 0 saturated carbocycles. The van der Waals surface area contributed by atoms with E-state index in [0.717, 1.165) is 24.1 Å². The first-order chi connectivity index (χ1) is 7.76. The monoisotopic (exact) mass is 216 g/mol. The van der Waals surface area contributed by atoms with Gasteiger partial charge in [-0.15, -0.1) is 0 Å². The van der Waals surface area contributed by atoms with Gasteiger partial charge in [-0.25, -0.2) is 0 Å². The lowest BCUT2D eigenvalue weighted by Crippen LogP contribution is -2.10. The molecule has 0 aromatic heterocycles. The van der Waals surface area contributed by atoms with Crippen LogP contribution in [-0.2, 0) is 11.2 Å². The predicted octanol–water partition coefficient (Wildman–Crippen LogP) is 2.88. The summed E-state index contributed by atoms with van der Waals surface area (Å²) >= 11 is 0. The van der Waals surface area contributed by atoms with Crippen LogP contribution in [0.5, 0.6) is 0 Å². The van der Waals surface area contributed by atoms with E-state index in [2.05, 4.69) is 18.3 Å². The molecule has 0 aliphatic rings. The molecule has 1 rings (SSSR count). The topological polar surface area (TPSA) is 52.9 Å². The summed E-state index contributed by atoms with van der Waals surface area (Å²) in [4.78, 5) is 11.4. The van der Waals surface area contributed by atoms with Gasteiger partial charge in [0, 0.05) is 12.1 Å². The van der Waals surface area contributed by atoms with Gasteiger partial charge in [0.05, 0.1) is 12.5 Å². The first kappa shape index (κ1) is 12.3. The Bertz CT molecular complexity index is 376. The molecule has 0 fully saturated rings. The van der Waals surface area contributed by atoms with E-state index in [4.69, 9.17) is 5.26 Å². The van der Waals surface area contributed by atoms with Crippen molar-refractivity contribution in [3.05, 3.63) is 29.8 Å². The predicted molar refractivity (Wildman–Crippen MR) is 63.9 cm³/mol. The van der Waals surface area contributed by atoms with Gasteiger partial charge < -0.3 is 5.32 Å². The summed E-state index contributed by atoms with van der Waals surface area (Å²) in [5, 5.41) is 11.3. The van der Waals surface area contributed by atoms with Crippen LogP contribution in [0, 0.1) is 11.3 Å². The normalized spacial score (nSPS) is 9.50. The van der Waals surface area contributed by atoms with E-state index in [1.807, 2.05) is 24.3 Å². The molecule has 84 valence electrons. The summed E-state index contributed by atoms with van der Waals surface area (Å²) in [6, 6.07) is 9.46. The van der Waals surface area contributed by atoms with Gasteiger partial charge in [-0.3, -0.25) is 4.79 Å². The van der Waals surface area contributed by atoms with Crippen molar-refractivity contribution < 1.29 is 4.79 Å². The lowest BCUT2D eigenvalue weighted by atomic mass is 10.1. The van der Waals surface area contributed by atoms with Crippen LogP contribution in [0.3, 0.4) is 0 Å². The summed E-state index contributed by atoms with van der Waals surface area (Å²) in [6.45, 7) is 2.06. The van der Waals surface area contributed by atoms with Gasteiger partial charge in [0.2, 0.25) is 5.91 Å². The lowest BCUT2D eigenvalue weighted by molar-refractivity contribution is -0.116. The van der Waals surface area contributed by atoms with E-state index < -0.39 is 0 Å². The van der Waals surface area contributed by atoms with Crippen molar-refractivity contribution in [2.75, 3.05) is 5.32 Å². The number of nitrogens with one attached hydrogen (secondary N) is 1. The van der Waals surface area contributed by atoms with Crippen molar-refractivity contribution in [1.82, 2.24) is 0 Å². The molecule has 0 aliphatic carbocycles. The third-order valence-corrected chi connectivity index (χ3v) is 2.28. The van der Waals surface area contributed by atoms with Crippen LogP contribution in [0.1, 0.15) is 31.7 Å². The summed E-state index contributed by atoms with van der Waals surface area (Å²) < 4.78 is 0. The number of rotatable bonds is 5. The Hall–Kier alpha value is -1.82. The molecule has 0 aliphatic heterocycles. The zero-order chi connectivity index (χ0) is 11.8. The van der Waals surface area contributed by atoms with E-state index in [-0.39, 0.29) is 5.91 Å². The number of carbonyl (C=O) groups is 1. The highest BCUT2D eigenvalue weighted by atomic mass is 16.1. The van der Waals surface area contributed by atoms with E-state index in [0.29, 0.717) is 12.8 Å². The standard InChI is InChI=1S/C13H16N2O/c1-2-3-4-13(16)15-12-7-5-11(6-8-12)9-10-14/h5-8H,2-4,9H2,1H3,(H,15,16). The number of benzene rings is 1. The van der Waals surface area contributed by atoms with Crippen molar-refractivity contribution in [1.29, 1.82) is 5.26 Å². The summed E-state index contributed by atoms with van der Waals surface area (Å²) in [5.41, 5.74) is 1.76. The Kier molecular flexibility index (Phi) is 5.07. The first-order valence-electron chi connectivity index (χ1n) is 5.52. The van der Waals surface area contributed by atoms with Crippen LogP contribution in [0.25, 0.3) is 0 Å². The van der Waals surface area contributed by atoms with Crippen LogP contribution >= 0.6 is 0 Å². The van der Waals surface area contributed by atoms with Crippen LogP contribution in [0.4, 0.5) is 5.69 Å². The molecule has 3 heteroatoms. The fourth-order valence-electron chi connectivity index (χ4n) is 1.36. The van der Waals surface area contributed by atoms with Gasteiger partial charge in [-0.2, -0.15) is 5.26 Å². The number of amides is 1. The summed E-state index contributed by atoms with van der Waals surface area (Å²) in [6.07, 6.45) is 2.91. The van der Waals surface area contributed by atoms with E-state index in [1.54, 1.807) is 0 Å². The Balaban J connectivity index is 2.49. The molecular formula is C13H16N2O. The van der Waals surface area contributed by atoms with E-state index >= 15 is 0 Å². The van der Waals surface area contributed by atoms with Crippen LogP contribution < -0.4 is 5.32 Å². The summed E-state index contributed by atoms with van der Waals surface area (Å²) in [7, 11) is 0. The second-order valence-electron chi connectivity index (χ2n) is 3.68. The Morgan fingerprint density at radius 2 is 2.06 bits per heavy atom. The van der Waals surface area contributed by atoms with Crippen LogP contribution in [0.15, 0.2) is 24.3 Å². The second kappa shape index (κ2) is 6.62. The molecule has 0 spiro atoms. The molecular weight excluding hydrogens is 200 g/mol. The van der Waals surface area contributed by atoms with Crippen molar-refractivity contribution in [3.63, 3.8) is 0 Å². The second-order valence-corrected chi connectivity index (χ2v) is 3.68. The van der Waals surface area contributed by atoms with Gasteiger partial charge in [-0.05, 0) is 24.1 Å². The highest BCUT2D eigenvalue weighted by Crippen LogP contribution is 2.10.